The molecule has 2 N–H and O–H groups in total. The minimum Gasteiger partial charge on any atom is -0.324 e. The van der Waals surface area contributed by atoms with Crippen LogP contribution in [0.4, 0.5) is 5.95 Å². The summed E-state index contributed by atoms with van der Waals surface area (Å²) in [6.45, 7) is 0. The van der Waals surface area contributed by atoms with Gasteiger partial charge in [0.25, 0.3) is 5.91 Å². The Hall–Kier alpha value is -3.47. The van der Waals surface area contributed by atoms with Gasteiger partial charge in [0.2, 0.25) is 5.95 Å². The van der Waals surface area contributed by atoms with E-state index in [0.29, 0.717) is 5.95 Å². The Bertz CT molecular complexity index is 1030. The van der Waals surface area contributed by atoms with Crippen LogP contribution in [0, 0.1) is 0 Å². The standard InChI is InChI=1S/C19H14N4O/c24-17(23-19-21-15-8-1-2-9-16(15)22-19)11-10-14-6-3-5-13-7-4-12-20-18(13)14/h1-12H,(H2,21,22,23,24)/b11-10+. The van der Waals surface area contributed by atoms with Crippen molar-refractivity contribution in [3.8, 4) is 0 Å². The first-order chi connectivity index (χ1) is 11.8. The summed E-state index contributed by atoms with van der Waals surface area (Å²) >= 11 is 0. The highest BCUT2D eigenvalue weighted by molar-refractivity contribution is 6.02. The molecule has 0 atom stereocenters. The van der Waals surface area contributed by atoms with Crippen LogP contribution in [0.15, 0.2) is 66.9 Å². The molecule has 2 aromatic heterocycles. The number of carbonyl (C=O) groups is 1. The van der Waals surface area contributed by atoms with Crippen molar-refractivity contribution in [1.82, 2.24) is 15.0 Å². The van der Waals surface area contributed by atoms with Crippen LogP contribution in [0.2, 0.25) is 0 Å². The molecule has 116 valence electrons. The lowest BCUT2D eigenvalue weighted by Gasteiger charge is -2.00. The molecule has 4 aromatic rings. The van der Waals surface area contributed by atoms with Crippen molar-refractivity contribution < 1.29 is 4.79 Å². The maximum atomic E-state index is 12.1. The zero-order valence-corrected chi connectivity index (χ0v) is 12.7. The number of amides is 1. The Morgan fingerprint density at radius 1 is 1.04 bits per heavy atom. The van der Waals surface area contributed by atoms with E-state index in [9.17, 15) is 4.79 Å². The Balaban J connectivity index is 1.55. The second-order valence-corrected chi connectivity index (χ2v) is 5.35. The first-order valence-corrected chi connectivity index (χ1v) is 7.57. The minimum atomic E-state index is -0.248. The van der Waals surface area contributed by atoms with Gasteiger partial charge in [-0.2, -0.15) is 0 Å². The predicted molar refractivity (Wildman–Crippen MR) is 95.5 cm³/mol. The third-order valence-corrected chi connectivity index (χ3v) is 3.71. The number of imidazole rings is 1. The van der Waals surface area contributed by atoms with E-state index in [1.54, 1.807) is 12.3 Å². The van der Waals surface area contributed by atoms with E-state index in [0.717, 1.165) is 27.5 Å². The summed E-state index contributed by atoms with van der Waals surface area (Å²) in [6, 6.07) is 17.4. The van der Waals surface area contributed by atoms with E-state index in [1.165, 1.54) is 6.08 Å². The lowest BCUT2D eigenvalue weighted by atomic mass is 10.1. The predicted octanol–water partition coefficient (Wildman–Crippen LogP) is 3.76. The fraction of sp³-hybridized carbons (Fsp3) is 0. The van der Waals surface area contributed by atoms with Crippen LogP contribution < -0.4 is 5.32 Å². The quantitative estimate of drug-likeness (QED) is 0.566. The fourth-order valence-corrected chi connectivity index (χ4v) is 2.60. The van der Waals surface area contributed by atoms with Gasteiger partial charge in [-0.25, -0.2) is 4.98 Å². The maximum absolute atomic E-state index is 12.1. The Kier molecular flexibility index (Phi) is 3.51. The summed E-state index contributed by atoms with van der Waals surface area (Å²) in [4.78, 5) is 23.9. The van der Waals surface area contributed by atoms with Crippen molar-refractivity contribution >= 4 is 39.9 Å². The number of pyridine rings is 1. The largest absolute Gasteiger partial charge is 0.324 e. The van der Waals surface area contributed by atoms with Crippen LogP contribution in [0.3, 0.4) is 0 Å². The van der Waals surface area contributed by atoms with E-state index in [2.05, 4.69) is 20.3 Å². The molecule has 1 amide bonds. The lowest BCUT2D eigenvalue weighted by molar-refractivity contribution is -0.111. The van der Waals surface area contributed by atoms with Crippen LogP contribution in [0.25, 0.3) is 28.0 Å². The summed E-state index contributed by atoms with van der Waals surface area (Å²) in [5.41, 5.74) is 3.46. The molecule has 0 spiro atoms. The molecule has 0 saturated carbocycles. The van der Waals surface area contributed by atoms with Crippen LogP contribution in [0.1, 0.15) is 5.56 Å². The number of H-pyrrole nitrogens is 1. The van der Waals surface area contributed by atoms with Crippen molar-refractivity contribution in [2.75, 3.05) is 5.32 Å². The number of hydrogen-bond acceptors (Lipinski definition) is 3. The maximum Gasteiger partial charge on any atom is 0.250 e. The molecule has 0 fully saturated rings. The highest BCUT2D eigenvalue weighted by atomic mass is 16.1. The van der Waals surface area contributed by atoms with Gasteiger partial charge >= 0.3 is 0 Å². The molecule has 2 aromatic carbocycles. The normalized spacial score (nSPS) is 11.3. The van der Waals surface area contributed by atoms with Crippen LogP contribution in [0.5, 0.6) is 0 Å². The number of nitrogens with zero attached hydrogens (tertiary/aromatic N) is 2. The second-order valence-electron chi connectivity index (χ2n) is 5.35. The highest BCUT2D eigenvalue weighted by Gasteiger charge is 2.04. The number of aromatic amines is 1. The molecule has 0 aliphatic carbocycles. The monoisotopic (exact) mass is 314 g/mol. The molecule has 0 saturated heterocycles. The number of rotatable bonds is 3. The molecule has 2 heterocycles. The van der Waals surface area contributed by atoms with Gasteiger partial charge in [-0.05, 0) is 24.3 Å². The van der Waals surface area contributed by atoms with Gasteiger partial charge in [-0.1, -0.05) is 36.4 Å². The third-order valence-electron chi connectivity index (χ3n) is 3.71. The molecular weight excluding hydrogens is 300 g/mol. The first kappa shape index (κ1) is 14.1. The average Bonchev–Trinajstić information content (AvgIpc) is 3.02. The van der Waals surface area contributed by atoms with Gasteiger partial charge in [0, 0.05) is 23.2 Å². The molecule has 0 unspecified atom stereocenters. The molecular formula is C19H14N4O. The van der Waals surface area contributed by atoms with Crippen molar-refractivity contribution in [3.63, 3.8) is 0 Å². The minimum absolute atomic E-state index is 0.248. The number of para-hydroxylation sites is 3. The van der Waals surface area contributed by atoms with Crippen molar-refractivity contribution in [1.29, 1.82) is 0 Å². The Morgan fingerprint density at radius 2 is 1.92 bits per heavy atom. The number of hydrogen-bond donors (Lipinski definition) is 2. The molecule has 0 aliphatic rings. The van der Waals surface area contributed by atoms with E-state index < -0.39 is 0 Å². The molecule has 5 heteroatoms. The van der Waals surface area contributed by atoms with Crippen LogP contribution >= 0.6 is 0 Å². The van der Waals surface area contributed by atoms with Gasteiger partial charge in [-0.15, -0.1) is 0 Å². The summed E-state index contributed by atoms with van der Waals surface area (Å²) < 4.78 is 0. The summed E-state index contributed by atoms with van der Waals surface area (Å²) in [5.74, 6) is 0.184. The van der Waals surface area contributed by atoms with Crippen molar-refractivity contribution in [3.05, 3.63) is 72.4 Å². The molecule has 0 radical (unpaired) electrons. The molecule has 0 bridgehead atoms. The third kappa shape index (κ3) is 2.75. The van der Waals surface area contributed by atoms with Crippen LogP contribution in [-0.4, -0.2) is 20.9 Å². The molecule has 24 heavy (non-hydrogen) atoms. The van der Waals surface area contributed by atoms with E-state index in [1.807, 2.05) is 54.6 Å². The smallest absolute Gasteiger partial charge is 0.250 e. The zero-order chi connectivity index (χ0) is 16.4. The number of benzene rings is 2. The number of fused-ring (bicyclic) bond motifs is 2. The van der Waals surface area contributed by atoms with E-state index in [4.69, 9.17) is 0 Å². The number of nitrogens with one attached hydrogen (secondary N) is 2. The summed E-state index contributed by atoms with van der Waals surface area (Å²) in [7, 11) is 0. The van der Waals surface area contributed by atoms with Gasteiger partial charge in [0.1, 0.15) is 0 Å². The summed E-state index contributed by atoms with van der Waals surface area (Å²) in [5, 5.41) is 3.78. The molecule has 0 aliphatic heterocycles. The van der Waals surface area contributed by atoms with Crippen LogP contribution in [-0.2, 0) is 4.79 Å². The van der Waals surface area contributed by atoms with Crippen molar-refractivity contribution in [2.24, 2.45) is 0 Å². The van der Waals surface area contributed by atoms with E-state index >= 15 is 0 Å². The Labute approximate surface area is 138 Å². The molecule has 5 nitrogen and oxygen atoms in total. The first-order valence-electron chi connectivity index (χ1n) is 7.57. The number of aromatic nitrogens is 3. The van der Waals surface area contributed by atoms with Gasteiger partial charge in [0.15, 0.2) is 0 Å². The topological polar surface area (TPSA) is 70.7 Å². The second kappa shape index (κ2) is 5.96. The van der Waals surface area contributed by atoms with Crippen molar-refractivity contribution in [2.45, 2.75) is 0 Å². The van der Waals surface area contributed by atoms with Gasteiger partial charge in [-0.3, -0.25) is 15.1 Å². The number of anilines is 1. The molecule has 4 rings (SSSR count). The SMILES string of the molecule is O=C(/C=C/c1cccc2cccnc12)Nc1nc2ccccc2[nH]1. The van der Waals surface area contributed by atoms with Gasteiger partial charge in [0.05, 0.1) is 16.6 Å². The van der Waals surface area contributed by atoms with Gasteiger partial charge < -0.3 is 4.98 Å². The number of carbonyl (C=O) groups excluding carboxylic acids is 1. The average molecular weight is 314 g/mol. The lowest BCUT2D eigenvalue weighted by Crippen LogP contribution is -2.08. The van der Waals surface area contributed by atoms with E-state index in [-0.39, 0.29) is 5.91 Å². The summed E-state index contributed by atoms with van der Waals surface area (Å²) in [6.07, 6.45) is 4.98. The highest BCUT2D eigenvalue weighted by Crippen LogP contribution is 2.17. The fourth-order valence-electron chi connectivity index (χ4n) is 2.60. The zero-order valence-electron chi connectivity index (χ0n) is 12.7. The Morgan fingerprint density at radius 3 is 2.83 bits per heavy atom.